The van der Waals surface area contributed by atoms with Gasteiger partial charge in [-0.05, 0) is 38.0 Å². The van der Waals surface area contributed by atoms with Crippen molar-refractivity contribution in [3.63, 3.8) is 0 Å². The van der Waals surface area contributed by atoms with E-state index in [1.54, 1.807) is 0 Å². The topological polar surface area (TPSA) is 64.4 Å². The highest BCUT2D eigenvalue weighted by Gasteiger charge is 2.24. The summed E-state index contributed by atoms with van der Waals surface area (Å²) < 4.78 is 5.32. The van der Waals surface area contributed by atoms with Gasteiger partial charge in [-0.2, -0.15) is 0 Å². The zero-order valence-electron chi connectivity index (χ0n) is 11.2. The summed E-state index contributed by atoms with van der Waals surface area (Å²) in [5.74, 6) is 0.964. The first-order valence-electron chi connectivity index (χ1n) is 6.64. The summed E-state index contributed by atoms with van der Waals surface area (Å²) in [7, 11) is 0. The van der Waals surface area contributed by atoms with Crippen LogP contribution in [0.15, 0.2) is 0 Å². The van der Waals surface area contributed by atoms with E-state index >= 15 is 0 Å². The van der Waals surface area contributed by atoms with Crippen LogP contribution in [0.2, 0.25) is 0 Å². The van der Waals surface area contributed by atoms with Crippen LogP contribution in [0, 0.1) is 11.8 Å². The zero-order chi connectivity index (χ0) is 12.8. The minimum absolute atomic E-state index is 0.0160. The number of carbonyl (C=O) groups excluding carboxylic acids is 1. The van der Waals surface area contributed by atoms with Crippen molar-refractivity contribution in [2.24, 2.45) is 17.6 Å². The lowest BCUT2D eigenvalue weighted by molar-refractivity contribution is -0.123. The van der Waals surface area contributed by atoms with Gasteiger partial charge in [0.2, 0.25) is 5.91 Å². The smallest absolute Gasteiger partial charge is 0.237 e. The third-order valence-corrected chi connectivity index (χ3v) is 3.41. The van der Waals surface area contributed by atoms with Crippen LogP contribution in [0.3, 0.4) is 0 Å². The van der Waals surface area contributed by atoms with Gasteiger partial charge in [0.25, 0.3) is 0 Å². The maximum Gasteiger partial charge on any atom is 0.237 e. The quantitative estimate of drug-likeness (QED) is 0.763. The maximum atomic E-state index is 11.9. The molecule has 1 saturated heterocycles. The summed E-state index contributed by atoms with van der Waals surface area (Å²) in [6.45, 7) is 7.84. The van der Waals surface area contributed by atoms with Gasteiger partial charge in [0.1, 0.15) is 0 Å². The predicted octanol–water partition coefficient (Wildman–Crippen LogP) is 1.29. The van der Waals surface area contributed by atoms with Gasteiger partial charge < -0.3 is 15.8 Å². The lowest BCUT2D eigenvalue weighted by Crippen LogP contribution is -2.48. The molecule has 0 radical (unpaired) electrons. The second-order valence-electron chi connectivity index (χ2n) is 5.48. The Morgan fingerprint density at radius 2 is 1.94 bits per heavy atom. The number of ether oxygens (including phenoxy) is 1. The summed E-state index contributed by atoms with van der Waals surface area (Å²) in [6, 6.07) is -0.179. The lowest BCUT2D eigenvalue weighted by atomic mass is 9.92. The largest absolute Gasteiger partial charge is 0.381 e. The van der Waals surface area contributed by atoms with Crippen LogP contribution < -0.4 is 11.1 Å². The summed E-state index contributed by atoms with van der Waals surface area (Å²) in [5, 5.41) is 3.04. The summed E-state index contributed by atoms with van der Waals surface area (Å²) in [6.07, 6.45) is 2.80. The first kappa shape index (κ1) is 14.5. The van der Waals surface area contributed by atoms with Crippen LogP contribution >= 0.6 is 0 Å². The van der Waals surface area contributed by atoms with Crippen molar-refractivity contribution in [1.29, 1.82) is 0 Å². The third-order valence-electron chi connectivity index (χ3n) is 3.41. The van der Waals surface area contributed by atoms with Gasteiger partial charge in [-0.3, -0.25) is 4.79 Å². The molecule has 0 spiro atoms. The molecule has 1 fully saturated rings. The molecule has 0 aromatic carbocycles. The fourth-order valence-corrected chi connectivity index (χ4v) is 2.28. The molecular formula is C13H26N2O2. The number of amides is 1. The van der Waals surface area contributed by atoms with Gasteiger partial charge in [-0.1, -0.05) is 13.8 Å². The molecule has 4 heteroatoms. The van der Waals surface area contributed by atoms with Crippen molar-refractivity contribution < 1.29 is 9.53 Å². The van der Waals surface area contributed by atoms with Crippen molar-refractivity contribution >= 4 is 5.91 Å². The Labute approximate surface area is 104 Å². The normalized spacial score (nSPS) is 21.2. The first-order valence-corrected chi connectivity index (χ1v) is 6.64. The van der Waals surface area contributed by atoms with Gasteiger partial charge in [0.05, 0.1) is 6.04 Å². The van der Waals surface area contributed by atoms with E-state index in [1.165, 1.54) is 0 Å². The standard InChI is InChI=1S/C13H26N2O2/c1-9(2)8-12(14)13(16)15-10(3)11-4-6-17-7-5-11/h9-12H,4-8,14H2,1-3H3,(H,15,16)/t10?,12-/m0/s1. The molecule has 17 heavy (non-hydrogen) atoms. The molecule has 1 amide bonds. The highest BCUT2D eigenvalue weighted by atomic mass is 16.5. The van der Waals surface area contributed by atoms with E-state index in [9.17, 15) is 4.79 Å². The Hall–Kier alpha value is -0.610. The van der Waals surface area contributed by atoms with Crippen LogP contribution in [-0.2, 0) is 9.53 Å². The number of nitrogens with two attached hydrogens (primary N) is 1. The van der Waals surface area contributed by atoms with Gasteiger partial charge in [-0.25, -0.2) is 0 Å². The van der Waals surface area contributed by atoms with Gasteiger partial charge in [0.15, 0.2) is 0 Å². The van der Waals surface area contributed by atoms with Crippen molar-refractivity contribution in [3.05, 3.63) is 0 Å². The van der Waals surface area contributed by atoms with Gasteiger partial charge in [0, 0.05) is 19.3 Å². The SMILES string of the molecule is CC(C)C[C@H](N)C(=O)NC(C)C1CCOCC1. The molecule has 4 nitrogen and oxygen atoms in total. The Balaban J connectivity index is 2.33. The van der Waals surface area contributed by atoms with E-state index in [-0.39, 0.29) is 18.0 Å². The maximum absolute atomic E-state index is 11.9. The van der Waals surface area contributed by atoms with Crippen molar-refractivity contribution in [3.8, 4) is 0 Å². The molecule has 0 aliphatic carbocycles. The highest BCUT2D eigenvalue weighted by Crippen LogP contribution is 2.18. The summed E-state index contributed by atoms with van der Waals surface area (Å²) in [5.41, 5.74) is 5.86. The number of nitrogens with one attached hydrogen (secondary N) is 1. The van der Waals surface area contributed by atoms with E-state index in [4.69, 9.17) is 10.5 Å². The third kappa shape index (κ3) is 5.04. The van der Waals surface area contributed by atoms with Crippen molar-refractivity contribution in [1.82, 2.24) is 5.32 Å². The van der Waals surface area contributed by atoms with E-state index < -0.39 is 0 Å². The highest BCUT2D eigenvalue weighted by molar-refractivity contribution is 5.81. The number of rotatable bonds is 5. The Morgan fingerprint density at radius 1 is 1.35 bits per heavy atom. The average Bonchev–Trinajstić information content (AvgIpc) is 2.29. The molecule has 100 valence electrons. The van der Waals surface area contributed by atoms with E-state index in [0.717, 1.165) is 32.5 Å². The molecule has 0 aromatic heterocycles. The first-order chi connectivity index (χ1) is 8.00. The zero-order valence-corrected chi connectivity index (χ0v) is 11.2. The molecule has 1 heterocycles. The molecule has 2 atom stereocenters. The van der Waals surface area contributed by atoms with Crippen LogP contribution in [0.5, 0.6) is 0 Å². The molecule has 1 rings (SSSR count). The lowest BCUT2D eigenvalue weighted by Gasteiger charge is -2.29. The van der Waals surface area contributed by atoms with Crippen molar-refractivity contribution in [2.45, 2.75) is 52.1 Å². The Morgan fingerprint density at radius 3 is 2.47 bits per heavy atom. The minimum Gasteiger partial charge on any atom is -0.381 e. The number of carbonyl (C=O) groups is 1. The van der Waals surface area contributed by atoms with Crippen LogP contribution in [0.25, 0.3) is 0 Å². The van der Waals surface area contributed by atoms with Gasteiger partial charge >= 0.3 is 0 Å². The number of hydrogen-bond acceptors (Lipinski definition) is 3. The molecule has 0 bridgehead atoms. The molecule has 1 unspecified atom stereocenters. The molecule has 3 N–H and O–H groups in total. The van der Waals surface area contributed by atoms with Crippen LogP contribution in [0.1, 0.15) is 40.0 Å². The fraction of sp³-hybridized carbons (Fsp3) is 0.923. The number of hydrogen-bond donors (Lipinski definition) is 2. The van der Waals surface area contributed by atoms with Crippen molar-refractivity contribution in [2.75, 3.05) is 13.2 Å². The second kappa shape index (κ2) is 6.97. The Bertz CT molecular complexity index is 238. The van der Waals surface area contributed by atoms with Gasteiger partial charge in [-0.15, -0.1) is 0 Å². The molecular weight excluding hydrogens is 216 g/mol. The fourth-order valence-electron chi connectivity index (χ4n) is 2.28. The van der Waals surface area contributed by atoms with E-state index in [0.29, 0.717) is 11.8 Å². The minimum atomic E-state index is -0.378. The summed E-state index contributed by atoms with van der Waals surface area (Å²) in [4.78, 5) is 11.9. The molecule has 1 aliphatic rings. The van der Waals surface area contributed by atoms with E-state index in [1.807, 2.05) is 0 Å². The second-order valence-corrected chi connectivity index (χ2v) is 5.48. The molecule has 0 aromatic rings. The predicted molar refractivity (Wildman–Crippen MR) is 68.6 cm³/mol. The van der Waals surface area contributed by atoms with E-state index in [2.05, 4.69) is 26.1 Å². The average molecular weight is 242 g/mol. The summed E-state index contributed by atoms with van der Waals surface area (Å²) >= 11 is 0. The Kier molecular flexibility index (Phi) is 5.92. The van der Waals surface area contributed by atoms with Crippen LogP contribution in [0.4, 0.5) is 0 Å². The molecule has 0 saturated carbocycles. The molecule has 1 aliphatic heterocycles. The monoisotopic (exact) mass is 242 g/mol. The van der Waals surface area contributed by atoms with Crippen LogP contribution in [-0.4, -0.2) is 31.2 Å².